The number of carbonyl (C=O) groups is 1. The molecule has 0 atom stereocenters. The third-order valence-corrected chi connectivity index (χ3v) is 5.69. The van der Waals surface area contributed by atoms with Gasteiger partial charge >= 0.3 is 0 Å². The number of ether oxygens (including phenoxy) is 2. The Balaban J connectivity index is 1.65. The minimum atomic E-state index is 0.0240. The van der Waals surface area contributed by atoms with Crippen LogP contribution < -0.4 is 4.74 Å². The van der Waals surface area contributed by atoms with Gasteiger partial charge in [0.2, 0.25) is 0 Å². The third-order valence-electron chi connectivity index (χ3n) is 5.20. The number of hydrogen-bond acceptors (Lipinski definition) is 4. The highest BCUT2D eigenvalue weighted by atomic mass is 79.9. The highest BCUT2D eigenvalue weighted by Gasteiger charge is 2.18. The molecule has 3 aromatic rings. The summed E-state index contributed by atoms with van der Waals surface area (Å²) in [5, 5.41) is 0.970. The number of benzene rings is 2. The van der Waals surface area contributed by atoms with Gasteiger partial charge in [-0.2, -0.15) is 0 Å². The summed E-state index contributed by atoms with van der Waals surface area (Å²) in [5.41, 5.74) is 2.46. The summed E-state index contributed by atoms with van der Waals surface area (Å²) >= 11 is 3.54. The number of ketones is 1. The van der Waals surface area contributed by atoms with Crippen LogP contribution in [0.15, 0.2) is 53.1 Å². The number of halogens is 1. The molecule has 28 heavy (non-hydrogen) atoms. The Hall–Kier alpha value is -2.15. The van der Waals surface area contributed by atoms with Crippen LogP contribution in [-0.4, -0.2) is 55.2 Å². The molecule has 0 spiro atoms. The molecule has 0 unspecified atom stereocenters. The molecule has 0 N–H and O–H groups in total. The van der Waals surface area contributed by atoms with Crippen LogP contribution in [0.25, 0.3) is 10.9 Å². The summed E-state index contributed by atoms with van der Waals surface area (Å²) in [5.74, 6) is 0.767. The number of aromatic nitrogens is 1. The maximum Gasteiger partial charge on any atom is 0.195 e. The fourth-order valence-electron chi connectivity index (χ4n) is 3.61. The van der Waals surface area contributed by atoms with E-state index in [0.717, 1.165) is 66.1 Å². The number of morpholine rings is 1. The van der Waals surface area contributed by atoms with E-state index >= 15 is 0 Å². The molecule has 1 fully saturated rings. The molecule has 2 aromatic carbocycles. The van der Waals surface area contributed by atoms with E-state index < -0.39 is 0 Å². The highest BCUT2D eigenvalue weighted by molar-refractivity contribution is 9.10. The van der Waals surface area contributed by atoms with Crippen molar-refractivity contribution in [1.29, 1.82) is 0 Å². The minimum Gasteiger partial charge on any atom is -0.497 e. The average molecular weight is 443 g/mol. The molecule has 6 heteroatoms. The summed E-state index contributed by atoms with van der Waals surface area (Å²) in [7, 11) is 1.62. The van der Waals surface area contributed by atoms with Crippen molar-refractivity contribution in [2.24, 2.45) is 0 Å². The molecule has 1 aromatic heterocycles. The summed E-state index contributed by atoms with van der Waals surface area (Å²) in [4.78, 5) is 15.6. The average Bonchev–Trinajstić information content (AvgIpc) is 3.10. The molecule has 1 saturated heterocycles. The predicted molar refractivity (Wildman–Crippen MR) is 113 cm³/mol. The van der Waals surface area contributed by atoms with Gasteiger partial charge in [-0.3, -0.25) is 9.69 Å². The second-order valence-electron chi connectivity index (χ2n) is 6.91. The normalized spacial score (nSPS) is 15.1. The molecule has 0 saturated carbocycles. The molecule has 1 aliphatic rings. The van der Waals surface area contributed by atoms with Crippen LogP contribution in [0.2, 0.25) is 0 Å². The van der Waals surface area contributed by atoms with Gasteiger partial charge in [0.25, 0.3) is 0 Å². The van der Waals surface area contributed by atoms with E-state index in [0.29, 0.717) is 5.56 Å². The molecule has 0 aliphatic carbocycles. The molecule has 146 valence electrons. The molecule has 0 amide bonds. The third kappa shape index (κ3) is 3.99. The largest absolute Gasteiger partial charge is 0.497 e. The van der Waals surface area contributed by atoms with Gasteiger partial charge in [0.15, 0.2) is 5.78 Å². The molecule has 0 radical (unpaired) electrons. The van der Waals surface area contributed by atoms with Crippen LogP contribution in [0, 0.1) is 0 Å². The van der Waals surface area contributed by atoms with Crippen molar-refractivity contribution in [1.82, 2.24) is 9.47 Å². The van der Waals surface area contributed by atoms with Gasteiger partial charge < -0.3 is 14.0 Å². The van der Waals surface area contributed by atoms with Gasteiger partial charge in [-0.15, -0.1) is 0 Å². The van der Waals surface area contributed by atoms with Crippen LogP contribution in [0.4, 0.5) is 0 Å². The fourth-order valence-corrected chi connectivity index (χ4v) is 3.97. The Morgan fingerprint density at radius 3 is 2.57 bits per heavy atom. The number of fused-ring (bicyclic) bond motifs is 1. The number of methoxy groups -OCH3 is 1. The number of hydrogen-bond donors (Lipinski definition) is 0. The first-order chi connectivity index (χ1) is 13.7. The van der Waals surface area contributed by atoms with Crippen LogP contribution in [0.5, 0.6) is 5.75 Å². The van der Waals surface area contributed by atoms with Crippen LogP contribution >= 0.6 is 15.9 Å². The fraction of sp³-hybridized carbons (Fsp3) is 0.318. The SMILES string of the molecule is COc1ccc(C(=O)c2cn(CCN3CCOCC3)c3ccc(Br)cc23)cc1. The van der Waals surface area contributed by atoms with E-state index in [1.165, 1.54) is 0 Å². The van der Waals surface area contributed by atoms with E-state index in [9.17, 15) is 4.79 Å². The van der Waals surface area contributed by atoms with Gasteiger partial charge in [-0.05, 0) is 42.5 Å². The molecular formula is C22H23BrN2O3. The minimum absolute atomic E-state index is 0.0240. The smallest absolute Gasteiger partial charge is 0.195 e. The summed E-state index contributed by atoms with van der Waals surface area (Å²) in [6, 6.07) is 13.4. The summed E-state index contributed by atoms with van der Waals surface area (Å²) < 4.78 is 13.8. The lowest BCUT2D eigenvalue weighted by Crippen LogP contribution is -2.38. The Morgan fingerprint density at radius 2 is 1.86 bits per heavy atom. The molecule has 2 heterocycles. The number of nitrogens with zero attached hydrogens (tertiary/aromatic N) is 2. The van der Waals surface area contributed by atoms with E-state index in [1.807, 2.05) is 42.6 Å². The van der Waals surface area contributed by atoms with Gasteiger partial charge in [-0.25, -0.2) is 0 Å². The van der Waals surface area contributed by atoms with E-state index in [2.05, 4.69) is 31.5 Å². The first kappa shape index (κ1) is 19.2. The van der Waals surface area contributed by atoms with Crippen molar-refractivity contribution in [3.05, 3.63) is 64.3 Å². The summed E-state index contributed by atoms with van der Waals surface area (Å²) in [6.07, 6.45) is 1.99. The molecule has 1 aliphatic heterocycles. The number of carbonyl (C=O) groups excluding carboxylic acids is 1. The Kier molecular flexibility index (Phi) is 5.80. The van der Waals surface area contributed by atoms with E-state index in [4.69, 9.17) is 9.47 Å². The van der Waals surface area contributed by atoms with Crippen LogP contribution in [-0.2, 0) is 11.3 Å². The van der Waals surface area contributed by atoms with Gasteiger partial charge in [-0.1, -0.05) is 15.9 Å². The lowest BCUT2D eigenvalue weighted by molar-refractivity contribution is 0.0365. The zero-order chi connectivity index (χ0) is 19.5. The maximum absolute atomic E-state index is 13.2. The van der Waals surface area contributed by atoms with Gasteiger partial charge in [0, 0.05) is 58.9 Å². The van der Waals surface area contributed by atoms with Crippen molar-refractivity contribution in [3.63, 3.8) is 0 Å². The zero-order valence-electron chi connectivity index (χ0n) is 15.9. The monoisotopic (exact) mass is 442 g/mol. The van der Waals surface area contributed by atoms with Crippen molar-refractivity contribution in [2.45, 2.75) is 6.54 Å². The quantitative estimate of drug-likeness (QED) is 0.541. The Bertz CT molecular complexity index is 975. The van der Waals surface area contributed by atoms with Crippen molar-refractivity contribution < 1.29 is 14.3 Å². The van der Waals surface area contributed by atoms with Gasteiger partial charge in [0.1, 0.15) is 5.75 Å². The maximum atomic E-state index is 13.2. The summed E-state index contributed by atoms with van der Waals surface area (Å²) in [6.45, 7) is 5.29. The van der Waals surface area contributed by atoms with E-state index in [1.54, 1.807) is 7.11 Å². The Morgan fingerprint density at radius 1 is 1.11 bits per heavy atom. The lowest BCUT2D eigenvalue weighted by Gasteiger charge is -2.26. The second-order valence-corrected chi connectivity index (χ2v) is 7.82. The molecular weight excluding hydrogens is 420 g/mol. The van der Waals surface area contributed by atoms with Crippen molar-refractivity contribution >= 4 is 32.6 Å². The highest BCUT2D eigenvalue weighted by Crippen LogP contribution is 2.28. The first-order valence-electron chi connectivity index (χ1n) is 9.43. The number of rotatable bonds is 6. The second kappa shape index (κ2) is 8.47. The Labute approximate surface area is 173 Å². The van der Waals surface area contributed by atoms with Crippen LogP contribution in [0.1, 0.15) is 15.9 Å². The predicted octanol–water partition coefficient (Wildman–Crippen LogP) is 3.98. The molecule has 4 rings (SSSR count). The zero-order valence-corrected chi connectivity index (χ0v) is 17.4. The van der Waals surface area contributed by atoms with Crippen molar-refractivity contribution in [3.8, 4) is 5.75 Å². The lowest BCUT2D eigenvalue weighted by atomic mass is 10.0. The molecule has 0 bridgehead atoms. The van der Waals surface area contributed by atoms with Crippen molar-refractivity contribution in [2.75, 3.05) is 40.0 Å². The standard InChI is InChI=1S/C22H23BrN2O3/c1-27-18-5-2-16(3-6-18)22(26)20-15-25(9-8-24-10-12-28-13-11-24)21-7-4-17(23)14-19(20)21/h2-7,14-15H,8-13H2,1H3. The first-order valence-corrected chi connectivity index (χ1v) is 10.2. The van der Waals surface area contributed by atoms with Crippen LogP contribution in [0.3, 0.4) is 0 Å². The van der Waals surface area contributed by atoms with E-state index in [-0.39, 0.29) is 5.78 Å². The van der Waals surface area contributed by atoms with Gasteiger partial charge in [0.05, 0.1) is 20.3 Å². The topological polar surface area (TPSA) is 43.7 Å². The molecule has 5 nitrogen and oxygen atoms in total.